The average Bonchev–Trinajstić information content (AvgIpc) is 3.19. The van der Waals surface area contributed by atoms with Gasteiger partial charge in [-0.15, -0.1) is 0 Å². The molecule has 2 aromatic carbocycles. The molecule has 3 aromatic rings. The number of carbonyl (C=O) groups is 3. The molecule has 1 aliphatic rings. The molecule has 30 heavy (non-hydrogen) atoms. The minimum Gasteiger partial charge on any atom is -0.462 e. The lowest BCUT2D eigenvalue weighted by Crippen LogP contribution is -2.31. The molecule has 0 spiro atoms. The van der Waals surface area contributed by atoms with E-state index in [1.807, 2.05) is 37.3 Å². The number of ether oxygens (including phenoxy) is 1. The van der Waals surface area contributed by atoms with E-state index in [4.69, 9.17) is 4.74 Å². The van der Waals surface area contributed by atoms with Gasteiger partial charge < -0.3 is 4.74 Å². The Kier molecular flexibility index (Phi) is 5.18. The molecule has 152 valence electrons. The van der Waals surface area contributed by atoms with Crippen LogP contribution in [0.3, 0.4) is 0 Å². The molecule has 2 amide bonds. The number of fused-ring (bicyclic) bond motifs is 1. The molecule has 0 unspecified atom stereocenters. The molecule has 0 radical (unpaired) electrons. The number of imide groups is 1. The Morgan fingerprint density at radius 2 is 1.53 bits per heavy atom. The summed E-state index contributed by atoms with van der Waals surface area (Å²) in [5, 5.41) is 4.45. The van der Waals surface area contributed by atoms with E-state index in [9.17, 15) is 14.4 Å². The molecule has 0 N–H and O–H groups in total. The zero-order valence-corrected chi connectivity index (χ0v) is 16.8. The molecule has 0 fully saturated rings. The Morgan fingerprint density at radius 3 is 2.17 bits per heavy atom. The number of aromatic nitrogens is 2. The second-order valence-corrected chi connectivity index (χ2v) is 7.09. The molecular weight excluding hydrogens is 382 g/mol. The van der Waals surface area contributed by atoms with Crippen molar-refractivity contribution in [3.63, 3.8) is 0 Å². The maximum Gasteiger partial charge on any atom is 0.341 e. The first kappa shape index (κ1) is 19.6. The van der Waals surface area contributed by atoms with Crippen LogP contribution in [0.4, 0.5) is 0 Å². The van der Waals surface area contributed by atoms with Gasteiger partial charge in [-0.25, -0.2) is 9.48 Å². The van der Waals surface area contributed by atoms with Crippen molar-refractivity contribution >= 4 is 17.8 Å². The predicted molar refractivity (Wildman–Crippen MR) is 110 cm³/mol. The first-order valence-electron chi connectivity index (χ1n) is 9.73. The molecule has 1 aliphatic heterocycles. The third kappa shape index (κ3) is 3.39. The lowest BCUT2D eigenvalue weighted by atomic mass is 10.1. The molecule has 2 heterocycles. The van der Waals surface area contributed by atoms with E-state index in [-0.39, 0.29) is 25.0 Å². The van der Waals surface area contributed by atoms with E-state index in [0.717, 1.165) is 5.69 Å². The molecular formula is C23H21N3O4. The number of amides is 2. The summed E-state index contributed by atoms with van der Waals surface area (Å²) in [6.45, 7) is 3.88. The van der Waals surface area contributed by atoms with Gasteiger partial charge in [-0.2, -0.15) is 5.10 Å². The fourth-order valence-electron chi connectivity index (χ4n) is 3.66. The van der Waals surface area contributed by atoms with Gasteiger partial charge >= 0.3 is 5.97 Å². The number of esters is 1. The molecule has 0 saturated heterocycles. The number of carbonyl (C=O) groups excluding carboxylic acids is 3. The second kappa shape index (κ2) is 7.94. The van der Waals surface area contributed by atoms with E-state index in [2.05, 4.69) is 5.10 Å². The van der Waals surface area contributed by atoms with E-state index in [1.165, 1.54) is 4.90 Å². The predicted octanol–water partition coefficient (Wildman–Crippen LogP) is 3.33. The average molecular weight is 403 g/mol. The summed E-state index contributed by atoms with van der Waals surface area (Å²) in [6, 6.07) is 16.3. The summed E-state index contributed by atoms with van der Waals surface area (Å²) in [5.41, 5.74) is 3.41. The number of aryl methyl sites for hydroxylation is 1. The third-order valence-corrected chi connectivity index (χ3v) is 5.13. The molecule has 0 saturated carbocycles. The van der Waals surface area contributed by atoms with Gasteiger partial charge in [0.25, 0.3) is 11.8 Å². The van der Waals surface area contributed by atoms with Crippen LogP contribution in [-0.2, 0) is 4.74 Å². The van der Waals surface area contributed by atoms with Crippen molar-refractivity contribution in [3.8, 4) is 5.69 Å². The second-order valence-electron chi connectivity index (χ2n) is 7.09. The molecule has 7 nitrogen and oxygen atoms in total. The summed E-state index contributed by atoms with van der Waals surface area (Å²) in [7, 11) is 0. The topological polar surface area (TPSA) is 81.5 Å². The smallest absolute Gasteiger partial charge is 0.341 e. The highest BCUT2D eigenvalue weighted by molar-refractivity contribution is 6.21. The summed E-state index contributed by atoms with van der Waals surface area (Å²) < 4.78 is 7.12. The molecule has 0 aliphatic carbocycles. The van der Waals surface area contributed by atoms with Gasteiger partial charge in [0.2, 0.25) is 0 Å². The highest BCUT2D eigenvalue weighted by atomic mass is 16.5. The SMILES string of the molecule is Cc1nn(-c2ccccc2)c(C)c1C(=O)OCCCN1C(=O)c2ccccc2C1=O. The summed E-state index contributed by atoms with van der Waals surface area (Å²) in [6.07, 6.45) is 0.363. The van der Waals surface area contributed by atoms with Crippen molar-refractivity contribution < 1.29 is 19.1 Å². The Hall–Kier alpha value is -3.74. The third-order valence-electron chi connectivity index (χ3n) is 5.13. The maximum absolute atomic E-state index is 12.6. The van der Waals surface area contributed by atoms with E-state index in [1.54, 1.807) is 35.9 Å². The maximum atomic E-state index is 12.6. The molecule has 1 aromatic heterocycles. The Morgan fingerprint density at radius 1 is 0.933 bits per heavy atom. The molecule has 0 atom stereocenters. The van der Waals surface area contributed by atoms with Gasteiger partial charge in [0.05, 0.1) is 34.8 Å². The molecule has 7 heteroatoms. The van der Waals surface area contributed by atoms with E-state index in [0.29, 0.717) is 34.5 Å². The minimum absolute atomic E-state index is 0.0988. The number of hydrogen-bond acceptors (Lipinski definition) is 5. The first-order chi connectivity index (χ1) is 14.5. The van der Waals surface area contributed by atoms with Crippen LogP contribution >= 0.6 is 0 Å². The zero-order valence-electron chi connectivity index (χ0n) is 16.8. The van der Waals surface area contributed by atoms with Crippen molar-refractivity contribution in [1.29, 1.82) is 0 Å². The van der Waals surface area contributed by atoms with Crippen molar-refractivity contribution in [2.45, 2.75) is 20.3 Å². The fraction of sp³-hybridized carbons (Fsp3) is 0.217. The fourth-order valence-corrected chi connectivity index (χ4v) is 3.66. The summed E-state index contributed by atoms with van der Waals surface area (Å²) in [5.74, 6) is -1.08. The Labute approximate surface area is 173 Å². The van der Waals surface area contributed by atoms with Gasteiger partial charge in [-0.05, 0) is 44.5 Å². The number of hydrogen-bond donors (Lipinski definition) is 0. The van der Waals surface area contributed by atoms with Crippen molar-refractivity contribution in [2.24, 2.45) is 0 Å². The quantitative estimate of drug-likeness (QED) is 0.358. The van der Waals surface area contributed by atoms with Gasteiger partial charge in [-0.3, -0.25) is 14.5 Å². The van der Waals surface area contributed by atoms with Crippen molar-refractivity contribution in [3.05, 3.63) is 82.7 Å². The minimum atomic E-state index is -0.463. The van der Waals surface area contributed by atoms with Crippen molar-refractivity contribution in [1.82, 2.24) is 14.7 Å². The number of rotatable bonds is 6. The Bertz CT molecular complexity index is 1100. The lowest BCUT2D eigenvalue weighted by Gasteiger charge is -2.13. The normalized spacial score (nSPS) is 12.9. The van der Waals surface area contributed by atoms with Gasteiger partial charge in [0.15, 0.2) is 0 Å². The van der Waals surface area contributed by atoms with Crippen LogP contribution in [0.25, 0.3) is 5.69 Å². The van der Waals surface area contributed by atoms with Crippen LogP contribution in [0.2, 0.25) is 0 Å². The van der Waals surface area contributed by atoms with Crippen LogP contribution < -0.4 is 0 Å². The van der Waals surface area contributed by atoms with E-state index < -0.39 is 5.97 Å². The summed E-state index contributed by atoms with van der Waals surface area (Å²) >= 11 is 0. The number of para-hydroxylation sites is 1. The highest BCUT2D eigenvalue weighted by Crippen LogP contribution is 2.23. The van der Waals surface area contributed by atoms with Crippen LogP contribution in [0.5, 0.6) is 0 Å². The number of nitrogens with zero attached hydrogens (tertiary/aromatic N) is 3. The zero-order chi connectivity index (χ0) is 21.3. The van der Waals surface area contributed by atoms with E-state index >= 15 is 0 Å². The molecule has 0 bridgehead atoms. The van der Waals surface area contributed by atoms with Crippen LogP contribution in [0.1, 0.15) is 48.9 Å². The first-order valence-corrected chi connectivity index (χ1v) is 9.73. The standard InChI is InChI=1S/C23H21N3O4/c1-15-20(16(2)26(24-15)17-9-4-3-5-10-17)23(29)30-14-8-13-25-21(27)18-11-6-7-12-19(18)22(25)28/h3-7,9-12H,8,13-14H2,1-2H3. The summed E-state index contributed by atoms with van der Waals surface area (Å²) in [4.78, 5) is 38.5. The Balaban J connectivity index is 1.37. The van der Waals surface area contributed by atoms with Gasteiger partial charge in [0, 0.05) is 6.54 Å². The van der Waals surface area contributed by atoms with Gasteiger partial charge in [0.1, 0.15) is 5.56 Å². The largest absolute Gasteiger partial charge is 0.462 e. The van der Waals surface area contributed by atoms with Crippen molar-refractivity contribution in [2.75, 3.05) is 13.2 Å². The monoisotopic (exact) mass is 403 g/mol. The van der Waals surface area contributed by atoms with Crippen LogP contribution in [-0.4, -0.2) is 45.6 Å². The van der Waals surface area contributed by atoms with Crippen LogP contribution in [0, 0.1) is 13.8 Å². The highest BCUT2D eigenvalue weighted by Gasteiger charge is 2.34. The molecule has 4 rings (SSSR count). The van der Waals surface area contributed by atoms with Crippen LogP contribution in [0.15, 0.2) is 54.6 Å². The lowest BCUT2D eigenvalue weighted by molar-refractivity contribution is 0.0481. The number of benzene rings is 2. The van der Waals surface area contributed by atoms with Gasteiger partial charge in [-0.1, -0.05) is 30.3 Å².